The summed E-state index contributed by atoms with van der Waals surface area (Å²) in [5.41, 5.74) is -0.140. The van der Waals surface area contributed by atoms with Gasteiger partial charge in [0.15, 0.2) is 0 Å². The van der Waals surface area contributed by atoms with Crippen molar-refractivity contribution in [2.45, 2.75) is 31.7 Å². The first kappa shape index (κ1) is 15.5. The van der Waals surface area contributed by atoms with Gasteiger partial charge in [-0.15, -0.1) is 0 Å². The quantitative estimate of drug-likeness (QED) is 0.482. The molecule has 1 unspecified atom stereocenters. The Morgan fingerprint density at radius 1 is 1.62 bits per heavy atom. The third kappa shape index (κ3) is 3.60. The number of piperidine rings is 1. The van der Waals surface area contributed by atoms with Crippen LogP contribution in [0.3, 0.4) is 0 Å². The first-order valence-corrected chi connectivity index (χ1v) is 7.04. The molecular weight excluding hydrogens is 298 g/mol. The van der Waals surface area contributed by atoms with Gasteiger partial charge in [-0.3, -0.25) is 14.9 Å². The summed E-state index contributed by atoms with van der Waals surface area (Å²) in [7, 11) is 1.33. The predicted molar refractivity (Wildman–Crippen MR) is 77.5 cm³/mol. The molecule has 0 bridgehead atoms. The minimum atomic E-state index is -0.502. The Labute approximate surface area is 127 Å². The number of aromatic nitrogens is 1. The average molecular weight is 314 g/mol. The van der Waals surface area contributed by atoms with E-state index >= 15 is 0 Å². The monoisotopic (exact) mass is 313 g/mol. The normalized spacial score (nSPS) is 18.4. The summed E-state index contributed by atoms with van der Waals surface area (Å²) >= 11 is 5.78. The standard InChI is InChI=1S/C13H16ClN3O4/c1-21-12(18)7-10-4-2-3-5-16(10)13-11(17(19)20)6-9(14)8-15-13/h6,8,10H,2-5,7H2,1H3. The summed E-state index contributed by atoms with van der Waals surface area (Å²) < 4.78 is 4.69. The van der Waals surface area contributed by atoms with Gasteiger partial charge in [0.05, 0.1) is 23.5 Å². The van der Waals surface area contributed by atoms with Crippen LogP contribution in [0.5, 0.6) is 0 Å². The van der Waals surface area contributed by atoms with E-state index in [-0.39, 0.29) is 35.0 Å². The molecule has 0 spiro atoms. The van der Waals surface area contributed by atoms with Crippen LogP contribution in [0.25, 0.3) is 0 Å². The molecule has 1 aromatic rings. The van der Waals surface area contributed by atoms with Gasteiger partial charge in [0.2, 0.25) is 5.82 Å². The third-order valence-electron chi connectivity index (χ3n) is 3.54. The van der Waals surface area contributed by atoms with Crippen LogP contribution in [0.2, 0.25) is 5.02 Å². The Morgan fingerprint density at radius 2 is 2.38 bits per heavy atom. The second-order valence-electron chi connectivity index (χ2n) is 4.88. The van der Waals surface area contributed by atoms with E-state index in [4.69, 9.17) is 16.3 Å². The van der Waals surface area contributed by atoms with Crippen LogP contribution in [0.1, 0.15) is 25.7 Å². The highest BCUT2D eigenvalue weighted by atomic mass is 35.5. The van der Waals surface area contributed by atoms with Crippen LogP contribution >= 0.6 is 11.6 Å². The highest BCUT2D eigenvalue weighted by Crippen LogP contribution is 2.33. The fourth-order valence-electron chi connectivity index (χ4n) is 2.54. The van der Waals surface area contributed by atoms with Crippen molar-refractivity contribution in [3.05, 3.63) is 27.4 Å². The number of rotatable bonds is 4. The van der Waals surface area contributed by atoms with Gasteiger partial charge >= 0.3 is 11.7 Å². The number of nitrogens with zero attached hydrogens (tertiary/aromatic N) is 3. The molecule has 1 fully saturated rings. The van der Waals surface area contributed by atoms with Gasteiger partial charge < -0.3 is 9.64 Å². The molecule has 7 nitrogen and oxygen atoms in total. The number of hydrogen-bond acceptors (Lipinski definition) is 6. The molecule has 1 aliphatic heterocycles. The highest BCUT2D eigenvalue weighted by molar-refractivity contribution is 6.30. The fourth-order valence-corrected chi connectivity index (χ4v) is 2.70. The number of halogens is 1. The molecule has 0 aliphatic carbocycles. The lowest BCUT2D eigenvalue weighted by Crippen LogP contribution is -2.41. The number of methoxy groups -OCH3 is 1. The van der Waals surface area contributed by atoms with Crippen molar-refractivity contribution in [1.82, 2.24) is 4.98 Å². The number of carbonyl (C=O) groups excluding carboxylic acids is 1. The Morgan fingerprint density at radius 3 is 3.05 bits per heavy atom. The summed E-state index contributed by atoms with van der Waals surface area (Å²) in [4.78, 5) is 28.1. The number of carbonyl (C=O) groups is 1. The van der Waals surface area contributed by atoms with Crippen LogP contribution < -0.4 is 4.90 Å². The van der Waals surface area contributed by atoms with E-state index in [0.717, 1.165) is 19.3 Å². The maximum atomic E-state index is 11.5. The molecule has 1 atom stereocenters. The third-order valence-corrected chi connectivity index (χ3v) is 3.75. The molecule has 1 aromatic heterocycles. The predicted octanol–water partition coefficient (Wildman–Crippen LogP) is 2.57. The second kappa shape index (κ2) is 6.71. The van der Waals surface area contributed by atoms with Crippen molar-refractivity contribution >= 4 is 29.1 Å². The first-order chi connectivity index (χ1) is 10.0. The second-order valence-corrected chi connectivity index (χ2v) is 5.31. The maximum absolute atomic E-state index is 11.5. The molecule has 2 rings (SSSR count). The highest BCUT2D eigenvalue weighted by Gasteiger charge is 2.31. The molecule has 0 N–H and O–H groups in total. The van der Waals surface area contributed by atoms with Gasteiger partial charge in [0.1, 0.15) is 0 Å². The molecule has 1 saturated heterocycles. The van der Waals surface area contributed by atoms with E-state index in [9.17, 15) is 14.9 Å². The van der Waals surface area contributed by atoms with Gasteiger partial charge in [0.25, 0.3) is 0 Å². The Kier molecular flexibility index (Phi) is 4.95. The Balaban J connectivity index is 2.33. The van der Waals surface area contributed by atoms with Crippen molar-refractivity contribution in [3.63, 3.8) is 0 Å². The zero-order valence-corrected chi connectivity index (χ0v) is 12.4. The molecule has 21 heavy (non-hydrogen) atoms. The average Bonchev–Trinajstić information content (AvgIpc) is 2.47. The van der Waals surface area contributed by atoms with E-state index in [1.165, 1.54) is 19.4 Å². The van der Waals surface area contributed by atoms with E-state index in [0.29, 0.717) is 6.54 Å². The zero-order valence-electron chi connectivity index (χ0n) is 11.6. The molecule has 0 radical (unpaired) electrons. The van der Waals surface area contributed by atoms with E-state index in [1.54, 1.807) is 0 Å². The minimum absolute atomic E-state index is 0.140. The van der Waals surface area contributed by atoms with E-state index < -0.39 is 4.92 Å². The van der Waals surface area contributed by atoms with Crippen LogP contribution in [-0.4, -0.2) is 35.6 Å². The van der Waals surface area contributed by atoms with Gasteiger partial charge in [-0.05, 0) is 19.3 Å². The topological polar surface area (TPSA) is 85.6 Å². The lowest BCUT2D eigenvalue weighted by atomic mass is 9.99. The largest absolute Gasteiger partial charge is 0.469 e. The molecule has 1 aliphatic rings. The lowest BCUT2D eigenvalue weighted by Gasteiger charge is -2.35. The molecule has 8 heteroatoms. The summed E-state index contributed by atoms with van der Waals surface area (Å²) in [5, 5.41) is 11.4. The van der Waals surface area contributed by atoms with Crippen molar-refractivity contribution in [2.75, 3.05) is 18.6 Å². The number of nitro groups is 1. The van der Waals surface area contributed by atoms with Crippen molar-refractivity contribution in [1.29, 1.82) is 0 Å². The summed E-state index contributed by atoms with van der Waals surface area (Å²) in [5.74, 6) is -0.0680. The van der Waals surface area contributed by atoms with Crippen LogP contribution in [-0.2, 0) is 9.53 Å². The number of pyridine rings is 1. The number of anilines is 1. The molecule has 2 heterocycles. The van der Waals surface area contributed by atoms with Gasteiger partial charge in [-0.2, -0.15) is 0 Å². The summed E-state index contributed by atoms with van der Waals surface area (Å²) in [6.07, 6.45) is 4.22. The van der Waals surface area contributed by atoms with Crippen molar-refractivity contribution in [2.24, 2.45) is 0 Å². The van der Waals surface area contributed by atoms with Gasteiger partial charge in [-0.1, -0.05) is 11.6 Å². The van der Waals surface area contributed by atoms with Crippen LogP contribution in [0.15, 0.2) is 12.3 Å². The molecule has 114 valence electrons. The smallest absolute Gasteiger partial charge is 0.313 e. The zero-order chi connectivity index (χ0) is 15.4. The molecule has 0 amide bonds. The van der Waals surface area contributed by atoms with Crippen LogP contribution in [0.4, 0.5) is 11.5 Å². The number of ether oxygens (including phenoxy) is 1. The van der Waals surface area contributed by atoms with Crippen molar-refractivity contribution < 1.29 is 14.5 Å². The Hall–Kier alpha value is -1.89. The Bertz CT molecular complexity index is 552. The maximum Gasteiger partial charge on any atom is 0.313 e. The number of hydrogen-bond donors (Lipinski definition) is 0. The fraction of sp³-hybridized carbons (Fsp3) is 0.538. The van der Waals surface area contributed by atoms with E-state index in [2.05, 4.69) is 4.98 Å². The first-order valence-electron chi connectivity index (χ1n) is 6.66. The number of esters is 1. The molecule has 0 aromatic carbocycles. The van der Waals surface area contributed by atoms with Gasteiger partial charge in [-0.25, -0.2) is 4.98 Å². The SMILES string of the molecule is COC(=O)CC1CCCCN1c1ncc(Cl)cc1[N+](=O)[O-]. The van der Waals surface area contributed by atoms with Crippen molar-refractivity contribution in [3.8, 4) is 0 Å². The molecule has 0 saturated carbocycles. The summed E-state index contributed by atoms with van der Waals surface area (Å²) in [6, 6.07) is 1.15. The summed E-state index contributed by atoms with van der Waals surface area (Å²) in [6.45, 7) is 0.622. The van der Waals surface area contributed by atoms with Gasteiger partial charge in [0, 0.05) is 24.8 Å². The van der Waals surface area contributed by atoms with E-state index in [1.807, 2.05) is 4.90 Å². The minimum Gasteiger partial charge on any atom is -0.469 e. The van der Waals surface area contributed by atoms with Crippen LogP contribution in [0, 0.1) is 10.1 Å². The lowest BCUT2D eigenvalue weighted by molar-refractivity contribution is -0.384. The molecular formula is C13H16ClN3O4.